The molecule has 0 bridgehead atoms. The van der Waals surface area contributed by atoms with Crippen LogP contribution in [0.3, 0.4) is 0 Å². The number of ether oxygens (including phenoxy) is 3. The van der Waals surface area contributed by atoms with Crippen molar-refractivity contribution in [1.29, 1.82) is 0 Å². The molecule has 2 amide bonds. The molecule has 0 aliphatic carbocycles. The van der Waals surface area contributed by atoms with Gasteiger partial charge in [-0.3, -0.25) is 14.4 Å². The van der Waals surface area contributed by atoms with E-state index in [0.717, 1.165) is 0 Å². The Bertz CT molecular complexity index is 719. The number of carboxylic acid groups (broad SMARTS) is 1. The highest BCUT2D eigenvalue weighted by atomic mass is 16.6. The van der Waals surface area contributed by atoms with Crippen molar-refractivity contribution < 1.29 is 38.5 Å². The molecule has 0 saturated heterocycles. The van der Waals surface area contributed by atoms with Gasteiger partial charge in [0, 0.05) is 0 Å². The van der Waals surface area contributed by atoms with Gasteiger partial charge >= 0.3 is 11.9 Å². The molecular weight excluding hydrogens is 446 g/mol. The van der Waals surface area contributed by atoms with Gasteiger partial charge in [-0.1, -0.05) is 0 Å². The molecule has 198 valence electrons. The maximum atomic E-state index is 12.9. The molecule has 0 unspecified atom stereocenters. The van der Waals surface area contributed by atoms with E-state index >= 15 is 0 Å². The Morgan fingerprint density at radius 1 is 0.824 bits per heavy atom. The van der Waals surface area contributed by atoms with Gasteiger partial charge in [-0.05, 0) is 69.2 Å². The predicted molar refractivity (Wildman–Crippen MR) is 126 cm³/mol. The second-order valence-corrected chi connectivity index (χ2v) is 11.1. The highest BCUT2D eigenvalue weighted by Crippen LogP contribution is 2.13. The number of nitrogens with one attached hydrogen (secondary N) is 2. The average molecular weight is 490 g/mol. The Morgan fingerprint density at radius 3 is 1.74 bits per heavy atom. The average Bonchev–Trinajstić information content (AvgIpc) is 2.59. The number of aliphatic carboxylic acids is 1. The number of esters is 1. The number of carbonyl (C=O) groups excluding carboxylic acids is 3. The van der Waals surface area contributed by atoms with Crippen LogP contribution in [-0.4, -0.2) is 76.5 Å². The fourth-order valence-corrected chi connectivity index (χ4v) is 2.65. The van der Waals surface area contributed by atoms with Crippen LogP contribution in [0.15, 0.2) is 0 Å². The number of carboxylic acids is 1. The van der Waals surface area contributed by atoms with E-state index < -0.39 is 71.2 Å². The predicted octanol–water partition coefficient (Wildman–Crippen LogP) is 1.12. The van der Waals surface area contributed by atoms with Crippen molar-refractivity contribution in [3.8, 4) is 0 Å². The Morgan fingerprint density at radius 2 is 1.32 bits per heavy atom. The zero-order valence-corrected chi connectivity index (χ0v) is 22.1. The Balaban J connectivity index is 5.49. The molecule has 4 atom stereocenters. The van der Waals surface area contributed by atoms with Gasteiger partial charge in [-0.25, -0.2) is 4.79 Å². The first kappa shape index (κ1) is 31.8. The van der Waals surface area contributed by atoms with E-state index in [9.17, 15) is 24.3 Å². The van der Waals surface area contributed by atoms with Crippen LogP contribution < -0.4 is 16.4 Å². The monoisotopic (exact) mass is 489 g/mol. The van der Waals surface area contributed by atoms with Crippen LogP contribution in [-0.2, 0) is 33.4 Å². The fraction of sp³-hybridized carbons (Fsp3) is 0.826. The molecule has 0 saturated carbocycles. The minimum absolute atomic E-state index is 0.249. The van der Waals surface area contributed by atoms with Gasteiger partial charge in [0.25, 0.3) is 0 Å². The van der Waals surface area contributed by atoms with Crippen molar-refractivity contribution in [2.24, 2.45) is 5.73 Å². The summed E-state index contributed by atoms with van der Waals surface area (Å²) >= 11 is 0. The van der Waals surface area contributed by atoms with Crippen molar-refractivity contribution in [2.75, 3.05) is 6.61 Å². The Kier molecular flexibility index (Phi) is 11.6. The fourth-order valence-electron chi connectivity index (χ4n) is 2.65. The summed E-state index contributed by atoms with van der Waals surface area (Å²) in [6, 6.07) is -3.92. The van der Waals surface area contributed by atoms with Crippen LogP contribution in [0.5, 0.6) is 0 Å². The summed E-state index contributed by atoms with van der Waals surface area (Å²) in [5.74, 6) is -3.73. The summed E-state index contributed by atoms with van der Waals surface area (Å²) in [5.41, 5.74) is 4.01. The molecule has 0 fully saturated rings. The summed E-state index contributed by atoms with van der Waals surface area (Å²) in [6.07, 6.45) is -1.25. The third-order valence-electron chi connectivity index (χ3n) is 4.07. The lowest BCUT2D eigenvalue weighted by Gasteiger charge is -2.30. The van der Waals surface area contributed by atoms with Gasteiger partial charge in [-0.15, -0.1) is 0 Å². The largest absolute Gasteiger partial charge is 0.480 e. The normalized spacial score (nSPS) is 16.1. The summed E-state index contributed by atoms with van der Waals surface area (Å²) in [5, 5.41) is 14.3. The summed E-state index contributed by atoms with van der Waals surface area (Å²) in [4.78, 5) is 49.4. The minimum Gasteiger partial charge on any atom is -0.480 e. The number of rotatable bonds is 11. The van der Waals surface area contributed by atoms with E-state index in [0.29, 0.717) is 0 Å². The smallest absolute Gasteiger partial charge is 0.326 e. The number of hydrogen-bond acceptors (Lipinski definition) is 8. The maximum absolute atomic E-state index is 12.9. The van der Waals surface area contributed by atoms with Gasteiger partial charge in [0.15, 0.2) is 0 Å². The van der Waals surface area contributed by atoms with Crippen molar-refractivity contribution in [2.45, 2.75) is 117 Å². The molecular formula is C23H43N3O8. The minimum atomic E-state index is -1.56. The quantitative estimate of drug-likeness (QED) is 0.311. The van der Waals surface area contributed by atoms with E-state index in [1.807, 2.05) is 20.8 Å². The number of carbonyl (C=O) groups is 4. The first-order valence-corrected chi connectivity index (χ1v) is 11.2. The van der Waals surface area contributed by atoms with Gasteiger partial charge in [0.1, 0.15) is 23.7 Å². The highest BCUT2D eigenvalue weighted by Gasteiger charge is 2.33. The second-order valence-electron chi connectivity index (χ2n) is 11.1. The molecule has 0 aromatic carbocycles. The maximum Gasteiger partial charge on any atom is 0.326 e. The Hall–Kier alpha value is -2.24. The highest BCUT2D eigenvalue weighted by molar-refractivity contribution is 5.93. The second kappa shape index (κ2) is 12.5. The lowest BCUT2D eigenvalue weighted by Crippen LogP contribution is -2.58. The third-order valence-corrected chi connectivity index (χ3v) is 4.07. The molecule has 0 radical (unpaired) electrons. The molecule has 11 nitrogen and oxygen atoms in total. The molecule has 0 aromatic rings. The molecule has 0 heterocycles. The summed E-state index contributed by atoms with van der Waals surface area (Å²) in [6.45, 7) is 17.0. The van der Waals surface area contributed by atoms with Crippen LogP contribution in [0, 0.1) is 0 Å². The van der Waals surface area contributed by atoms with Gasteiger partial charge in [-0.2, -0.15) is 0 Å². The lowest BCUT2D eigenvalue weighted by molar-refractivity contribution is -0.158. The van der Waals surface area contributed by atoms with E-state index in [1.165, 1.54) is 0 Å². The molecule has 34 heavy (non-hydrogen) atoms. The molecule has 0 rings (SSSR count). The summed E-state index contributed by atoms with van der Waals surface area (Å²) < 4.78 is 16.5. The van der Waals surface area contributed by atoms with Crippen molar-refractivity contribution in [3.63, 3.8) is 0 Å². The van der Waals surface area contributed by atoms with Gasteiger partial charge < -0.3 is 35.7 Å². The standard InChI is InChI=1S/C23H43N3O8/c1-13(33-22(5,6)7)17(24)19(29)26-15(12-32-21(2,3)4)18(28)25-14(20(30)31)11-16(27)34-23(8,9)10/h13-15,17H,11-12,24H2,1-10H3,(H,25,28)(H,26,29)(H,30,31)/t13-,14+,15+,17+/m1/s1. The van der Waals surface area contributed by atoms with Crippen molar-refractivity contribution in [1.82, 2.24) is 10.6 Å². The first-order chi connectivity index (χ1) is 15.1. The van der Waals surface area contributed by atoms with Crippen LogP contribution in [0.25, 0.3) is 0 Å². The number of amides is 2. The molecule has 5 N–H and O–H groups in total. The Labute approximate surface area is 202 Å². The van der Waals surface area contributed by atoms with E-state index in [2.05, 4.69) is 10.6 Å². The first-order valence-electron chi connectivity index (χ1n) is 11.2. The number of hydrogen-bond donors (Lipinski definition) is 4. The van der Waals surface area contributed by atoms with Gasteiger partial charge in [0.2, 0.25) is 11.8 Å². The lowest BCUT2D eigenvalue weighted by atomic mass is 10.1. The van der Waals surface area contributed by atoms with E-state index in [-0.39, 0.29) is 6.61 Å². The van der Waals surface area contributed by atoms with Crippen molar-refractivity contribution in [3.05, 3.63) is 0 Å². The molecule has 0 spiro atoms. The van der Waals surface area contributed by atoms with Crippen LogP contribution >= 0.6 is 0 Å². The topological polar surface area (TPSA) is 166 Å². The van der Waals surface area contributed by atoms with E-state index in [4.69, 9.17) is 19.9 Å². The zero-order chi connectivity index (χ0) is 27.1. The van der Waals surface area contributed by atoms with Crippen molar-refractivity contribution >= 4 is 23.8 Å². The van der Waals surface area contributed by atoms with Crippen LogP contribution in [0.4, 0.5) is 0 Å². The SMILES string of the molecule is C[C@@H](OC(C)(C)C)[C@H](N)C(=O)N[C@@H](COC(C)(C)C)C(=O)N[C@@H](CC(=O)OC(C)(C)C)C(=O)O. The van der Waals surface area contributed by atoms with E-state index in [1.54, 1.807) is 48.5 Å². The number of nitrogens with two attached hydrogens (primary N) is 1. The molecule has 0 aliphatic rings. The van der Waals surface area contributed by atoms with Gasteiger partial charge in [0.05, 0.1) is 30.3 Å². The van der Waals surface area contributed by atoms with Crippen LogP contribution in [0.1, 0.15) is 75.7 Å². The van der Waals surface area contributed by atoms with Crippen LogP contribution in [0.2, 0.25) is 0 Å². The summed E-state index contributed by atoms with van der Waals surface area (Å²) in [7, 11) is 0. The molecule has 0 aliphatic heterocycles. The zero-order valence-electron chi connectivity index (χ0n) is 22.1. The molecule has 11 heteroatoms. The molecule has 0 aromatic heterocycles. The third kappa shape index (κ3) is 14.1.